The van der Waals surface area contributed by atoms with Gasteiger partial charge in [0, 0.05) is 11.8 Å². The Morgan fingerprint density at radius 2 is 1.34 bits per heavy atom. The molecule has 0 N–H and O–H groups in total. The van der Waals surface area contributed by atoms with E-state index in [1.54, 1.807) is 11.3 Å². The Kier molecular flexibility index (Phi) is 7.61. The summed E-state index contributed by atoms with van der Waals surface area (Å²) < 4.78 is 0. The third-order valence-corrected chi connectivity index (χ3v) is 8.18. The molecule has 4 rings (SSSR count). The molecule has 1 nitrogen and oxygen atoms in total. The zero-order valence-electron chi connectivity index (χ0n) is 16.7. The summed E-state index contributed by atoms with van der Waals surface area (Å²) in [6.45, 7) is 4.41. The van der Waals surface area contributed by atoms with Gasteiger partial charge in [-0.3, -0.25) is 0 Å². The predicted octanol–water partition coefficient (Wildman–Crippen LogP) is 6.04. The van der Waals surface area contributed by atoms with Crippen molar-refractivity contribution in [3.05, 3.63) is 107 Å². The maximum Gasteiger partial charge on any atom is 0.0972 e. The van der Waals surface area contributed by atoms with E-state index in [1.165, 1.54) is 32.2 Å². The minimum atomic E-state index is -0.592. The molecular weight excluding hydrogens is 413 g/mol. The van der Waals surface area contributed by atoms with Gasteiger partial charge < -0.3 is 0 Å². The van der Waals surface area contributed by atoms with Crippen LogP contribution in [-0.4, -0.2) is 4.98 Å². The molecule has 148 valence electrons. The lowest BCUT2D eigenvalue weighted by atomic mass is 10.1. The summed E-state index contributed by atoms with van der Waals surface area (Å²) in [7, 11) is -0.592. The first-order valence-corrected chi connectivity index (χ1v) is 11.9. The average Bonchev–Trinajstić information content (AvgIpc) is 3.20. The molecule has 29 heavy (non-hydrogen) atoms. The smallest absolute Gasteiger partial charge is 0.0972 e. The van der Waals surface area contributed by atoms with Gasteiger partial charge in [-0.2, -0.15) is 0 Å². The van der Waals surface area contributed by atoms with Crippen LogP contribution < -0.4 is 15.9 Å². The number of halogens is 1. The van der Waals surface area contributed by atoms with Crippen molar-refractivity contribution in [1.82, 2.24) is 4.98 Å². The van der Waals surface area contributed by atoms with Crippen LogP contribution in [0.25, 0.3) is 0 Å². The van der Waals surface area contributed by atoms with E-state index in [1.807, 2.05) is 0 Å². The van der Waals surface area contributed by atoms with E-state index < -0.39 is 7.92 Å². The van der Waals surface area contributed by atoms with E-state index in [-0.39, 0.29) is 12.4 Å². The fourth-order valence-electron chi connectivity index (χ4n) is 3.29. The molecule has 0 amide bonds. The van der Waals surface area contributed by atoms with Crippen molar-refractivity contribution in [2.45, 2.75) is 26.2 Å². The van der Waals surface area contributed by atoms with Crippen LogP contribution in [0.15, 0.2) is 90.3 Å². The van der Waals surface area contributed by atoms with E-state index in [2.05, 4.69) is 104 Å². The number of benzene rings is 3. The lowest BCUT2D eigenvalue weighted by molar-refractivity contribution is 0.825. The summed E-state index contributed by atoms with van der Waals surface area (Å²) in [6, 6.07) is 30.7. The van der Waals surface area contributed by atoms with Crippen molar-refractivity contribution < 1.29 is 0 Å². The molecule has 0 atom stereocenters. The van der Waals surface area contributed by atoms with Crippen LogP contribution >= 0.6 is 31.7 Å². The molecule has 3 aromatic carbocycles. The molecular formula is C25H25ClNPS. The van der Waals surface area contributed by atoms with Crippen molar-refractivity contribution in [1.29, 1.82) is 0 Å². The lowest BCUT2D eigenvalue weighted by Crippen LogP contribution is -2.23. The quantitative estimate of drug-likeness (QED) is 0.335. The predicted molar refractivity (Wildman–Crippen MR) is 131 cm³/mol. The van der Waals surface area contributed by atoms with E-state index in [0.717, 1.165) is 6.42 Å². The number of thiazole rings is 1. The van der Waals surface area contributed by atoms with Gasteiger partial charge >= 0.3 is 0 Å². The molecule has 4 aromatic rings. The van der Waals surface area contributed by atoms with Gasteiger partial charge in [0.25, 0.3) is 0 Å². The molecule has 0 aliphatic rings. The zero-order chi connectivity index (χ0) is 19.3. The van der Waals surface area contributed by atoms with Gasteiger partial charge in [-0.1, -0.05) is 98.8 Å². The molecule has 1 aromatic heterocycles. The molecule has 0 bridgehead atoms. The molecule has 0 aliphatic carbocycles. The summed E-state index contributed by atoms with van der Waals surface area (Å²) >= 11 is 1.78. The number of rotatable bonds is 6. The highest BCUT2D eigenvalue weighted by Crippen LogP contribution is 2.34. The fraction of sp³-hybridized carbons (Fsp3) is 0.160. The number of hydrogen-bond acceptors (Lipinski definition) is 2. The SMILES string of the molecule is CC(C)c1csc(Cc2ccccc2P(c2ccccc2)c2ccccc2)n1.Cl. The van der Waals surface area contributed by atoms with E-state index >= 15 is 0 Å². The fourth-order valence-corrected chi connectivity index (χ4v) is 6.74. The van der Waals surface area contributed by atoms with Gasteiger partial charge in [0.15, 0.2) is 0 Å². The minimum absolute atomic E-state index is 0. The summed E-state index contributed by atoms with van der Waals surface area (Å²) in [5.41, 5.74) is 2.58. The first-order valence-electron chi connectivity index (χ1n) is 9.65. The molecule has 1 heterocycles. The van der Waals surface area contributed by atoms with Crippen molar-refractivity contribution in [2.75, 3.05) is 0 Å². The van der Waals surface area contributed by atoms with Crippen LogP contribution in [-0.2, 0) is 6.42 Å². The van der Waals surface area contributed by atoms with Gasteiger partial charge in [0.2, 0.25) is 0 Å². The second-order valence-electron chi connectivity index (χ2n) is 7.13. The summed E-state index contributed by atoms with van der Waals surface area (Å²) in [6.07, 6.45) is 0.895. The maximum atomic E-state index is 4.88. The average molecular weight is 438 g/mol. The maximum absolute atomic E-state index is 4.88. The Labute approximate surface area is 185 Å². The van der Waals surface area contributed by atoms with Crippen LogP contribution in [0.2, 0.25) is 0 Å². The molecule has 0 fully saturated rings. The first kappa shape index (κ1) is 21.7. The second kappa shape index (κ2) is 10.2. The zero-order valence-corrected chi connectivity index (χ0v) is 19.2. The minimum Gasteiger partial charge on any atom is -0.246 e. The highest BCUT2D eigenvalue weighted by Gasteiger charge is 2.19. The standard InChI is InChI=1S/C25H24NPS.ClH/c1-19(2)23-18-28-25(26-23)17-20-11-9-10-16-24(20)27(21-12-5-3-6-13-21)22-14-7-4-8-15-22;/h3-16,18-19H,17H2,1-2H3;1H. The summed E-state index contributed by atoms with van der Waals surface area (Å²) in [4.78, 5) is 4.88. The largest absolute Gasteiger partial charge is 0.246 e. The topological polar surface area (TPSA) is 12.9 Å². The Bertz CT molecular complexity index is 991. The van der Waals surface area contributed by atoms with Gasteiger partial charge in [-0.05, 0) is 35.3 Å². The number of hydrogen-bond donors (Lipinski definition) is 0. The highest BCUT2D eigenvalue weighted by molar-refractivity contribution is 7.79. The van der Waals surface area contributed by atoms with Gasteiger partial charge in [-0.15, -0.1) is 23.7 Å². The molecule has 4 heteroatoms. The lowest BCUT2D eigenvalue weighted by Gasteiger charge is -2.22. The Hall–Kier alpha value is -1.99. The van der Waals surface area contributed by atoms with Gasteiger partial charge in [0.05, 0.1) is 10.7 Å². The van der Waals surface area contributed by atoms with E-state index in [9.17, 15) is 0 Å². The third-order valence-electron chi connectivity index (χ3n) is 4.76. The number of aromatic nitrogens is 1. The molecule has 0 unspecified atom stereocenters. The Balaban J connectivity index is 0.00000240. The van der Waals surface area contributed by atoms with E-state index in [4.69, 9.17) is 4.98 Å². The molecule has 0 saturated heterocycles. The summed E-state index contributed by atoms with van der Waals surface area (Å²) in [5, 5.41) is 7.61. The Morgan fingerprint density at radius 1 is 0.793 bits per heavy atom. The molecule has 0 spiro atoms. The third kappa shape index (κ3) is 5.14. The first-order chi connectivity index (χ1) is 13.7. The van der Waals surface area contributed by atoms with Crippen LogP contribution in [0.3, 0.4) is 0 Å². The van der Waals surface area contributed by atoms with E-state index in [0.29, 0.717) is 5.92 Å². The second-order valence-corrected chi connectivity index (χ2v) is 10.3. The van der Waals surface area contributed by atoms with Gasteiger partial charge in [0.1, 0.15) is 0 Å². The van der Waals surface area contributed by atoms with Crippen LogP contribution in [0.5, 0.6) is 0 Å². The van der Waals surface area contributed by atoms with Crippen molar-refractivity contribution in [2.24, 2.45) is 0 Å². The van der Waals surface area contributed by atoms with Crippen LogP contribution in [0, 0.1) is 0 Å². The molecule has 0 radical (unpaired) electrons. The highest BCUT2D eigenvalue weighted by atomic mass is 35.5. The van der Waals surface area contributed by atoms with Crippen LogP contribution in [0.4, 0.5) is 0 Å². The van der Waals surface area contributed by atoms with Crippen molar-refractivity contribution in [3.63, 3.8) is 0 Å². The normalized spacial score (nSPS) is 10.9. The number of nitrogens with zero attached hydrogens (tertiary/aromatic N) is 1. The van der Waals surface area contributed by atoms with Crippen LogP contribution in [0.1, 0.15) is 36.0 Å². The van der Waals surface area contributed by atoms with Crippen molar-refractivity contribution >= 4 is 47.6 Å². The summed E-state index contributed by atoms with van der Waals surface area (Å²) in [5.74, 6) is 0.478. The Morgan fingerprint density at radius 3 is 1.90 bits per heavy atom. The van der Waals surface area contributed by atoms with Crippen molar-refractivity contribution in [3.8, 4) is 0 Å². The molecule has 0 aliphatic heterocycles. The molecule has 0 saturated carbocycles. The van der Waals surface area contributed by atoms with Gasteiger partial charge in [-0.25, -0.2) is 4.98 Å². The monoisotopic (exact) mass is 437 g/mol.